The van der Waals surface area contributed by atoms with Crippen molar-refractivity contribution in [2.24, 2.45) is 0 Å². The first-order valence-corrected chi connectivity index (χ1v) is 6.18. The van der Waals surface area contributed by atoms with Crippen LogP contribution >= 0.6 is 11.6 Å². The number of halogens is 1. The van der Waals surface area contributed by atoms with Crippen LogP contribution in [0, 0.1) is 6.92 Å². The van der Waals surface area contributed by atoms with E-state index in [1.807, 2.05) is 0 Å². The highest BCUT2D eigenvalue weighted by molar-refractivity contribution is 6.34. The predicted octanol–water partition coefficient (Wildman–Crippen LogP) is 1.92. The van der Waals surface area contributed by atoms with Gasteiger partial charge in [-0.1, -0.05) is 11.6 Å². The SMILES string of the molecule is COC(=O)c1cc2c(cc1Cl)[nH]c(=O)c1cnc(C)n12. The minimum atomic E-state index is -0.533. The van der Waals surface area contributed by atoms with Gasteiger partial charge in [0.05, 0.1) is 34.9 Å². The molecule has 0 saturated carbocycles. The van der Waals surface area contributed by atoms with E-state index >= 15 is 0 Å². The Morgan fingerprint density at radius 3 is 2.85 bits per heavy atom. The molecule has 0 aliphatic carbocycles. The van der Waals surface area contributed by atoms with Crippen molar-refractivity contribution in [1.29, 1.82) is 0 Å². The lowest BCUT2D eigenvalue weighted by atomic mass is 10.2. The van der Waals surface area contributed by atoms with Crippen LogP contribution in [0.4, 0.5) is 0 Å². The number of esters is 1. The third-order valence-electron chi connectivity index (χ3n) is 3.15. The van der Waals surface area contributed by atoms with E-state index in [4.69, 9.17) is 16.3 Å². The Morgan fingerprint density at radius 2 is 2.15 bits per heavy atom. The van der Waals surface area contributed by atoms with Crippen molar-refractivity contribution >= 4 is 34.1 Å². The fraction of sp³-hybridized carbons (Fsp3) is 0.154. The molecule has 0 unspecified atom stereocenters. The number of nitrogens with one attached hydrogen (secondary N) is 1. The number of rotatable bonds is 1. The number of methoxy groups -OCH3 is 1. The van der Waals surface area contributed by atoms with Crippen molar-refractivity contribution < 1.29 is 9.53 Å². The first-order valence-electron chi connectivity index (χ1n) is 5.81. The zero-order valence-electron chi connectivity index (χ0n) is 10.7. The molecule has 0 radical (unpaired) electrons. The Bertz CT molecular complexity index is 910. The van der Waals surface area contributed by atoms with Crippen molar-refractivity contribution in [1.82, 2.24) is 14.4 Å². The molecule has 102 valence electrons. The molecule has 0 bridgehead atoms. The smallest absolute Gasteiger partial charge is 0.339 e. The van der Waals surface area contributed by atoms with Crippen LogP contribution in [0.15, 0.2) is 23.1 Å². The number of nitrogens with zero attached hydrogens (tertiary/aromatic N) is 2. The summed E-state index contributed by atoms with van der Waals surface area (Å²) in [6, 6.07) is 3.12. The molecule has 0 amide bonds. The van der Waals surface area contributed by atoms with Crippen LogP contribution in [0.3, 0.4) is 0 Å². The van der Waals surface area contributed by atoms with Gasteiger partial charge in [-0.05, 0) is 19.1 Å². The van der Waals surface area contributed by atoms with Gasteiger partial charge in [-0.3, -0.25) is 9.20 Å². The van der Waals surface area contributed by atoms with Gasteiger partial charge >= 0.3 is 5.97 Å². The standard InChI is InChI=1S/C13H10ClN3O3/c1-6-15-5-11-12(18)16-9-4-8(14)7(13(19)20-2)3-10(9)17(6)11/h3-5H,1-2H3,(H,16,18). The van der Waals surface area contributed by atoms with Crippen molar-refractivity contribution in [2.75, 3.05) is 7.11 Å². The third kappa shape index (κ3) is 1.69. The van der Waals surface area contributed by atoms with Crippen LogP contribution in [-0.4, -0.2) is 27.4 Å². The monoisotopic (exact) mass is 291 g/mol. The lowest BCUT2D eigenvalue weighted by Crippen LogP contribution is -2.11. The van der Waals surface area contributed by atoms with E-state index < -0.39 is 5.97 Å². The predicted molar refractivity (Wildman–Crippen MR) is 74.4 cm³/mol. The number of aromatic amines is 1. The fourth-order valence-corrected chi connectivity index (χ4v) is 2.45. The molecule has 3 aromatic rings. The van der Waals surface area contributed by atoms with Gasteiger partial charge in [-0.15, -0.1) is 0 Å². The van der Waals surface area contributed by atoms with E-state index in [-0.39, 0.29) is 16.1 Å². The average molecular weight is 292 g/mol. The molecule has 0 fully saturated rings. The summed E-state index contributed by atoms with van der Waals surface area (Å²) >= 11 is 6.05. The van der Waals surface area contributed by atoms with E-state index in [0.717, 1.165) is 0 Å². The van der Waals surface area contributed by atoms with Crippen molar-refractivity contribution in [3.05, 3.63) is 45.1 Å². The molecule has 1 N–H and O–H groups in total. The molecule has 20 heavy (non-hydrogen) atoms. The number of aryl methyl sites for hydroxylation is 1. The number of benzene rings is 1. The van der Waals surface area contributed by atoms with Gasteiger partial charge in [-0.25, -0.2) is 9.78 Å². The highest BCUT2D eigenvalue weighted by Crippen LogP contribution is 2.24. The van der Waals surface area contributed by atoms with Crippen LogP contribution in [0.25, 0.3) is 16.6 Å². The van der Waals surface area contributed by atoms with E-state index in [0.29, 0.717) is 22.4 Å². The Balaban J connectivity index is 2.51. The minimum Gasteiger partial charge on any atom is -0.465 e. The largest absolute Gasteiger partial charge is 0.465 e. The summed E-state index contributed by atoms with van der Waals surface area (Å²) in [5, 5.41) is 0.220. The number of H-pyrrole nitrogens is 1. The molecule has 1 aromatic carbocycles. The van der Waals surface area contributed by atoms with Crippen LogP contribution in [0.5, 0.6) is 0 Å². The van der Waals surface area contributed by atoms with E-state index in [1.165, 1.54) is 19.4 Å². The Labute approximate surface area is 118 Å². The van der Waals surface area contributed by atoms with Crippen molar-refractivity contribution in [3.63, 3.8) is 0 Å². The zero-order chi connectivity index (χ0) is 14.4. The van der Waals surface area contributed by atoms with Gasteiger partial charge in [0.25, 0.3) is 5.56 Å². The first-order chi connectivity index (χ1) is 9.52. The highest BCUT2D eigenvalue weighted by atomic mass is 35.5. The van der Waals surface area contributed by atoms with Gasteiger partial charge in [0.15, 0.2) is 0 Å². The van der Waals surface area contributed by atoms with Gasteiger partial charge < -0.3 is 9.72 Å². The molecular formula is C13H10ClN3O3. The van der Waals surface area contributed by atoms with E-state index in [2.05, 4.69) is 9.97 Å². The lowest BCUT2D eigenvalue weighted by molar-refractivity contribution is 0.0601. The number of carbonyl (C=O) groups excluding carboxylic acids is 1. The van der Waals surface area contributed by atoms with E-state index in [1.54, 1.807) is 17.4 Å². The van der Waals surface area contributed by atoms with Gasteiger partial charge in [0.1, 0.15) is 11.3 Å². The second-order valence-electron chi connectivity index (χ2n) is 4.32. The number of hydrogen-bond donors (Lipinski definition) is 1. The number of ether oxygens (including phenoxy) is 1. The minimum absolute atomic E-state index is 0.220. The van der Waals surface area contributed by atoms with E-state index in [9.17, 15) is 9.59 Å². The maximum atomic E-state index is 11.9. The first kappa shape index (κ1) is 12.7. The summed E-state index contributed by atoms with van der Waals surface area (Å²) in [5.41, 5.74) is 1.55. The number of imidazole rings is 1. The number of carbonyl (C=O) groups is 1. The molecule has 0 aliphatic rings. The number of hydrogen-bond acceptors (Lipinski definition) is 4. The molecule has 0 spiro atoms. The Hall–Kier alpha value is -2.34. The topological polar surface area (TPSA) is 76.5 Å². The molecule has 6 nitrogen and oxygen atoms in total. The molecule has 2 aromatic heterocycles. The van der Waals surface area contributed by atoms with Crippen LogP contribution < -0.4 is 5.56 Å². The molecular weight excluding hydrogens is 282 g/mol. The molecule has 0 atom stereocenters. The Kier molecular flexibility index (Phi) is 2.76. The molecule has 0 saturated heterocycles. The van der Waals surface area contributed by atoms with Crippen LogP contribution in [-0.2, 0) is 4.74 Å². The maximum absolute atomic E-state index is 11.9. The summed E-state index contributed by atoms with van der Waals surface area (Å²) in [6.07, 6.45) is 1.49. The summed E-state index contributed by atoms with van der Waals surface area (Å²) in [7, 11) is 1.29. The maximum Gasteiger partial charge on any atom is 0.339 e. The second kappa shape index (κ2) is 4.35. The quantitative estimate of drug-likeness (QED) is 0.695. The number of aromatic nitrogens is 3. The Morgan fingerprint density at radius 1 is 1.40 bits per heavy atom. The molecule has 0 aliphatic heterocycles. The normalized spacial score (nSPS) is 11.2. The van der Waals surface area contributed by atoms with Crippen molar-refractivity contribution in [3.8, 4) is 0 Å². The summed E-state index contributed by atoms with van der Waals surface area (Å²) in [5.74, 6) is 0.114. The van der Waals surface area contributed by atoms with Gasteiger partial charge in [0, 0.05) is 0 Å². The fourth-order valence-electron chi connectivity index (χ4n) is 2.21. The van der Waals surface area contributed by atoms with Crippen LogP contribution in [0.2, 0.25) is 5.02 Å². The lowest BCUT2D eigenvalue weighted by Gasteiger charge is -2.08. The summed E-state index contributed by atoms with van der Waals surface area (Å²) in [4.78, 5) is 30.5. The number of fused-ring (bicyclic) bond motifs is 3. The summed E-state index contributed by atoms with van der Waals surface area (Å²) < 4.78 is 6.37. The van der Waals surface area contributed by atoms with Crippen molar-refractivity contribution in [2.45, 2.75) is 6.92 Å². The zero-order valence-corrected chi connectivity index (χ0v) is 11.5. The third-order valence-corrected chi connectivity index (χ3v) is 3.46. The molecule has 7 heteroatoms. The van der Waals surface area contributed by atoms with Gasteiger partial charge in [-0.2, -0.15) is 0 Å². The highest BCUT2D eigenvalue weighted by Gasteiger charge is 2.15. The second-order valence-corrected chi connectivity index (χ2v) is 4.73. The van der Waals surface area contributed by atoms with Gasteiger partial charge in [0.2, 0.25) is 0 Å². The molecule has 3 rings (SSSR count). The summed E-state index contributed by atoms with van der Waals surface area (Å²) in [6.45, 7) is 1.78. The average Bonchev–Trinajstić information content (AvgIpc) is 2.80. The van der Waals surface area contributed by atoms with Crippen LogP contribution in [0.1, 0.15) is 16.2 Å². The molecule has 2 heterocycles.